The van der Waals surface area contributed by atoms with Gasteiger partial charge in [-0.05, 0) is 109 Å². The minimum Gasteiger partial charge on any atom is -0.254 e. The second kappa shape index (κ2) is 15.7. The van der Waals surface area contributed by atoms with Gasteiger partial charge in [-0.25, -0.2) is 4.98 Å². The van der Waals surface area contributed by atoms with Crippen molar-refractivity contribution in [3.63, 3.8) is 0 Å². The fourth-order valence-electron chi connectivity index (χ4n) is 9.30. The van der Waals surface area contributed by atoms with Gasteiger partial charge in [0.2, 0.25) is 0 Å². The SMILES string of the molecule is C(=Nc1c(C2CCCCC2)cccc1C1CCCCC1)c1cccc(C=Nc2c(C3CCCCC3)cccc2C2CCCCC2)n1. The molecule has 242 valence electrons. The van der Waals surface area contributed by atoms with Crippen molar-refractivity contribution in [2.24, 2.45) is 9.98 Å². The van der Waals surface area contributed by atoms with Crippen LogP contribution in [0.3, 0.4) is 0 Å². The van der Waals surface area contributed by atoms with Crippen molar-refractivity contribution < 1.29 is 0 Å². The Bertz CT molecular complexity index is 1300. The smallest absolute Gasteiger partial charge is 0.0820 e. The van der Waals surface area contributed by atoms with Gasteiger partial charge in [0.15, 0.2) is 0 Å². The molecule has 4 aliphatic rings. The third-order valence-corrected chi connectivity index (χ3v) is 11.8. The third-order valence-electron chi connectivity index (χ3n) is 11.8. The van der Waals surface area contributed by atoms with Gasteiger partial charge in [-0.1, -0.05) is 120 Å². The standard InChI is InChI=1S/C43H55N3/c1-5-16-32(17-6-1)38-26-14-27-39(33-18-7-2-8-19-33)42(38)44-30-36-24-13-25-37(46-36)31-45-43-40(34-20-9-3-10-21-34)28-15-29-41(43)35-22-11-4-12-23-35/h13-15,24-35H,1-12,16-23H2. The maximum absolute atomic E-state index is 5.30. The topological polar surface area (TPSA) is 37.6 Å². The summed E-state index contributed by atoms with van der Waals surface area (Å²) in [6.07, 6.45) is 30.7. The van der Waals surface area contributed by atoms with Crippen molar-refractivity contribution in [1.82, 2.24) is 4.98 Å². The van der Waals surface area contributed by atoms with Gasteiger partial charge in [-0.3, -0.25) is 9.98 Å². The first-order chi connectivity index (χ1) is 22.8. The molecule has 3 nitrogen and oxygen atoms in total. The van der Waals surface area contributed by atoms with Gasteiger partial charge in [-0.2, -0.15) is 0 Å². The van der Waals surface area contributed by atoms with Crippen molar-refractivity contribution >= 4 is 23.8 Å². The van der Waals surface area contributed by atoms with Gasteiger partial charge in [0, 0.05) is 0 Å². The zero-order chi connectivity index (χ0) is 31.0. The molecule has 46 heavy (non-hydrogen) atoms. The largest absolute Gasteiger partial charge is 0.254 e. The third kappa shape index (κ3) is 7.56. The molecule has 0 bridgehead atoms. The molecule has 0 unspecified atom stereocenters. The van der Waals surface area contributed by atoms with E-state index >= 15 is 0 Å². The monoisotopic (exact) mass is 613 g/mol. The lowest BCUT2D eigenvalue weighted by Crippen LogP contribution is -2.09. The van der Waals surface area contributed by atoms with Gasteiger partial charge in [0.05, 0.1) is 35.2 Å². The lowest BCUT2D eigenvalue weighted by atomic mass is 9.78. The van der Waals surface area contributed by atoms with Crippen LogP contribution in [-0.4, -0.2) is 17.4 Å². The summed E-state index contributed by atoms with van der Waals surface area (Å²) < 4.78 is 0. The highest BCUT2D eigenvalue weighted by Crippen LogP contribution is 2.46. The summed E-state index contributed by atoms with van der Waals surface area (Å²) in [5.41, 5.74) is 10.3. The number of aliphatic imine (C=N–C) groups is 2. The summed E-state index contributed by atoms with van der Waals surface area (Å²) in [4.78, 5) is 15.7. The zero-order valence-corrected chi connectivity index (χ0v) is 28.1. The highest BCUT2D eigenvalue weighted by atomic mass is 14.8. The van der Waals surface area contributed by atoms with Crippen molar-refractivity contribution in [3.8, 4) is 0 Å². The van der Waals surface area contributed by atoms with Gasteiger partial charge < -0.3 is 0 Å². The summed E-state index contributed by atoms with van der Waals surface area (Å²) in [6, 6.07) is 20.5. The molecule has 0 atom stereocenters. The molecule has 1 heterocycles. The number of hydrogen-bond acceptors (Lipinski definition) is 3. The summed E-state index contributed by atoms with van der Waals surface area (Å²) in [5.74, 6) is 2.55. The van der Waals surface area contributed by atoms with E-state index in [9.17, 15) is 0 Å². The second-order valence-corrected chi connectivity index (χ2v) is 14.9. The lowest BCUT2D eigenvalue weighted by molar-refractivity contribution is 0.436. The Morgan fingerprint density at radius 3 is 0.978 bits per heavy atom. The second-order valence-electron chi connectivity index (χ2n) is 14.9. The highest BCUT2D eigenvalue weighted by Gasteiger charge is 2.26. The minimum atomic E-state index is 0.637. The van der Waals surface area contributed by atoms with Crippen molar-refractivity contribution in [2.45, 2.75) is 152 Å². The van der Waals surface area contributed by atoms with E-state index in [1.54, 1.807) is 0 Å². The Morgan fingerprint density at radius 1 is 0.391 bits per heavy atom. The van der Waals surface area contributed by atoms with Crippen LogP contribution in [-0.2, 0) is 0 Å². The fourth-order valence-corrected chi connectivity index (χ4v) is 9.30. The average Bonchev–Trinajstić information content (AvgIpc) is 3.14. The maximum atomic E-state index is 5.30. The molecular weight excluding hydrogens is 558 g/mol. The molecule has 0 aliphatic heterocycles. The van der Waals surface area contributed by atoms with Crippen LogP contribution in [0.2, 0.25) is 0 Å². The molecule has 2 aromatic carbocycles. The van der Waals surface area contributed by atoms with Gasteiger partial charge in [0.1, 0.15) is 0 Å². The van der Waals surface area contributed by atoms with Crippen molar-refractivity contribution in [2.75, 3.05) is 0 Å². The zero-order valence-electron chi connectivity index (χ0n) is 28.1. The van der Waals surface area contributed by atoms with Crippen LogP contribution in [0.5, 0.6) is 0 Å². The number of rotatable bonds is 8. The summed E-state index contributed by atoms with van der Waals surface area (Å²) in [5, 5.41) is 0. The molecule has 4 fully saturated rings. The van der Waals surface area contributed by atoms with Gasteiger partial charge >= 0.3 is 0 Å². The van der Waals surface area contributed by atoms with Crippen LogP contribution < -0.4 is 0 Å². The molecule has 0 radical (unpaired) electrons. The highest BCUT2D eigenvalue weighted by molar-refractivity contribution is 5.85. The average molecular weight is 614 g/mol. The van der Waals surface area contributed by atoms with Gasteiger partial charge in [-0.15, -0.1) is 0 Å². The Kier molecular flexibility index (Phi) is 10.7. The van der Waals surface area contributed by atoms with E-state index in [0.717, 1.165) is 11.4 Å². The van der Waals surface area contributed by atoms with E-state index in [4.69, 9.17) is 15.0 Å². The van der Waals surface area contributed by atoms with Crippen LogP contribution in [0, 0.1) is 0 Å². The molecule has 0 N–H and O–H groups in total. The van der Waals surface area contributed by atoms with E-state index < -0.39 is 0 Å². The Labute approximate surface area is 278 Å². The molecule has 0 spiro atoms. The van der Waals surface area contributed by atoms with Crippen molar-refractivity contribution in [3.05, 3.63) is 88.2 Å². The van der Waals surface area contributed by atoms with E-state index in [2.05, 4.69) is 54.6 Å². The van der Waals surface area contributed by atoms with Crippen LogP contribution >= 0.6 is 0 Å². The number of pyridine rings is 1. The van der Waals surface area contributed by atoms with Crippen LogP contribution in [0.1, 0.15) is 186 Å². The number of hydrogen-bond donors (Lipinski definition) is 0. The van der Waals surface area contributed by atoms with Crippen LogP contribution in [0.15, 0.2) is 64.6 Å². The van der Waals surface area contributed by atoms with Crippen molar-refractivity contribution in [1.29, 1.82) is 0 Å². The summed E-state index contributed by atoms with van der Waals surface area (Å²) >= 11 is 0. The first-order valence-electron chi connectivity index (χ1n) is 19.1. The molecule has 0 amide bonds. The molecule has 7 rings (SSSR count). The predicted octanol–water partition coefficient (Wildman–Crippen LogP) is 12.8. The van der Waals surface area contributed by atoms with E-state index in [1.165, 1.54) is 162 Å². The van der Waals surface area contributed by atoms with Gasteiger partial charge in [0.25, 0.3) is 0 Å². The minimum absolute atomic E-state index is 0.637. The van der Waals surface area contributed by atoms with E-state index in [0.29, 0.717) is 23.7 Å². The normalized spacial score (nSPS) is 21.4. The maximum Gasteiger partial charge on any atom is 0.0820 e. The lowest BCUT2D eigenvalue weighted by Gasteiger charge is -2.28. The predicted molar refractivity (Wildman–Crippen MR) is 195 cm³/mol. The molecule has 4 saturated carbocycles. The Hall–Kier alpha value is -3.07. The van der Waals surface area contributed by atoms with E-state index in [-0.39, 0.29) is 0 Å². The summed E-state index contributed by atoms with van der Waals surface area (Å²) in [7, 11) is 0. The number of para-hydroxylation sites is 2. The van der Waals surface area contributed by atoms with Crippen LogP contribution in [0.25, 0.3) is 0 Å². The first-order valence-corrected chi connectivity index (χ1v) is 19.1. The molecule has 3 heteroatoms. The quantitative estimate of drug-likeness (QED) is 0.233. The number of aromatic nitrogens is 1. The number of nitrogens with zero attached hydrogens (tertiary/aromatic N) is 3. The first kappa shape index (κ1) is 31.5. The molecular formula is C43H55N3. The summed E-state index contributed by atoms with van der Waals surface area (Å²) in [6.45, 7) is 0. The Morgan fingerprint density at radius 2 is 0.674 bits per heavy atom. The Balaban J connectivity index is 1.19. The van der Waals surface area contributed by atoms with E-state index in [1.807, 2.05) is 12.4 Å². The fraction of sp³-hybridized carbons (Fsp3) is 0.558. The van der Waals surface area contributed by atoms with Crippen LogP contribution in [0.4, 0.5) is 11.4 Å². The number of benzene rings is 2. The molecule has 4 aliphatic carbocycles. The molecule has 3 aromatic rings. The molecule has 0 saturated heterocycles. The molecule has 1 aromatic heterocycles.